The second-order valence-electron chi connectivity index (χ2n) is 3.06. The van der Waals surface area contributed by atoms with Crippen LogP contribution in [0.25, 0.3) is 0 Å². The lowest BCUT2D eigenvalue weighted by Gasteiger charge is -2.09. The van der Waals surface area contributed by atoms with Gasteiger partial charge in [-0.25, -0.2) is 13.1 Å². The van der Waals surface area contributed by atoms with Crippen molar-refractivity contribution in [2.24, 2.45) is 5.92 Å². The van der Waals surface area contributed by atoms with Gasteiger partial charge in [-0.2, -0.15) is 0 Å². The Morgan fingerprint density at radius 3 is 2.27 bits per heavy atom. The van der Waals surface area contributed by atoms with Crippen molar-refractivity contribution in [2.75, 3.05) is 5.75 Å². The van der Waals surface area contributed by atoms with Gasteiger partial charge in [-0.1, -0.05) is 13.8 Å². The molecule has 5 heteroatoms. The van der Waals surface area contributed by atoms with E-state index in [1.807, 2.05) is 13.8 Å². The fourth-order valence-electron chi connectivity index (χ4n) is 1.09. The summed E-state index contributed by atoms with van der Waals surface area (Å²) in [6.45, 7) is 3.63. The molecular formula is C6H11NO3S. The molecule has 11 heavy (non-hydrogen) atoms. The quantitative estimate of drug-likeness (QED) is 0.588. The number of Topliss-reactive ketones (excluding diaryl/α,β-unsaturated/α-hetero) is 1. The number of hydrogen-bond donors (Lipinski definition) is 1. The fourth-order valence-corrected chi connectivity index (χ4v) is 2.51. The zero-order valence-electron chi connectivity index (χ0n) is 6.49. The maximum Gasteiger partial charge on any atom is 0.219 e. The second kappa shape index (κ2) is 2.57. The summed E-state index contributed by atoms with van der Waals surface area (Å²) in [6, 6.07) is -0.500. The summed E-state index contributed by atoms with van der Waals surface area (Å²) in [5.41, 5.74) is 0. The number of ketones is 1. The van der Waals surface area contributed by atoms with Gasteiger partial charge in [0.05, 0.1) is 6.04 Å². The summed E-state index contributed by atoms with van der Waals surface area (Å²) in [5, 5.41) is 0. The Kier molecular flexibility index (Phi) is 2.02. The fraction of sp³-hybridized carbons (Fsp3) is 0.833. The standard InChI is InChI=1S/C6H11NO3S/c1-4(2)6-5(8)3-11(9,10)7-6/h4,6-7H,3H2,1-2H3/t6-/m0/s1. The molecule has 64 valence electrons. The Bertz CT molecular complexity index is 268. The number of sulfonamides is 1. The first kappa shape index (κ1) is 8.67. The molecule has 0 saturated carbocycles. The van der Waals surface area contributed by atoms with Crippen LogP contribution in [0.5, 0.6) is 0 Å². The molecule has 0 aromatic carbocycles. The van der Waals surface area contributed by atoms with Crippen molar-refractivity contribution in [2.45, 2.75) is 19.9 Å². The van der Waals surface area contributed by atoms with Crippen LogP contribution < -0.4 is 4.72 Å². The molecule has 0 aromatic rings. The Morgan fingerprint density at radius 1 is 1.55 bits per heavy atom. The molecule has 1 heterocycles. The smallest absolute Gasteiger partial charge is 0.219 e. The van der Waals surface area contributed by atoms with Crippen LogP contribution in [0.1, 0.15) is 13.8 Å². The molecule has 0 spiro atoms. The average molecular weight is 177 g/mol. The summed E-state index contributed by atoms with van der Waals surface area (Å²) in [6.07, 6.45) is 0. The largest absolute Gasteiger partial charge is 0.297 e. The highest BCUT2D eigenvalue weighted by atomic mass is 32.2. The van der Waals surface area contributed by atoms with Crippen molar-refractivity contribution in [3.05, 3.63) is 0 Å². The van der Waals surface area contributed by atoms with E-state index in [2.05, 4.69) is 4.72 Å². The lowest BCUT2D eigenvalue weighted by Crippen LogP contribution is -2.33. The Balaban J connectivity index is 2.83. The first-order chi connectivity index (χ1) is 4.92. The van der Waals surface area contributed by atoms with Crippen molar-refractivity contribution in [1.29, 1.82) is 0 Å². The summed E-state index contributed by atoms with van der Waals surface area (Å²) >= 11 is 0. The van der Waals surface area contributed by atoms with E-state index in [9.17, 15) is 13.2 Å². The highest BCUT2D eigenvalue weighted by Crippen LogP contribution is 2.11. The van der Waals surface area contributed by atoms with Crippen LogP contribution >= 0.6 is 0 Å². The van der Waals surface area contributed by atoms with Crippen LogP contribution in [0.3, 0.4) is 0 Å². The molecule has 4 nitrogen and oxygen atoms in total. The SMILES string of the molecule is CC(C)[C@@H]1NS(=O)(=O)CC1=O. The van der Waals surface area contributed by atoms with Gasteiger partial charge in [-0.15, -0.1) is 0 Å². The van der Waals surface area contributed by atoms with Gasteiger partial charge in [-0.05, 0) is 5.92 Å². The maximum absolute atomic E-state index is 11.0. The van der Waals surface area contributed by atoms with E-state index in [0.717, 1.165) is 0 Å². The minimum absolute atomic E-state index is 0.0415. The molecule has 1 aliphatic heterocycles. The molecule has 1 N–H and O–H groups in total. The zero-order chi connectivity index (χ0) is 8.65. The van der Waals surface area contributed by atoms with Crippen molar-refractivity contribution < 1.29 is 13.2 Å². The molecule has 1 aliphatic rings. The number of carbonyl (C=O) groups is 1. The lowest BCUT2D eigenvalue weighted by molar-refractivity contribution is -0.118. The van der Waals surface area contributed by atoms with Crippen molar-refractivity contribution in [1.82, 2.24) is 4.72 Å². The van der Waals surface area contributed by atoms with Crippen LogP contribution in [0.2, 0.25) is 0 Å². The van der Waals surface area contributed by atoms with E-state index in [1.165, 1.54) is 0 Å². The molecule has 1 saturated heterocycles. The molecule has 1 fully saturated rings. The average Bonchev–Trinajstić information content (AvgIpc) is 2.05. The zero-order valence-corrected chi connectivity index (χ0v) is 7.31. The van der Waals surface area contributed by atoms with Gasteiger partial charge < -0.3 is 0 Å². The molecular weight excluding hydrogens is 166 g/mol. The number of carbonyl (C=O) groups excluding carboxylic acids is 1. The first-order valence-corrected chi connectivity index (χ1v) is 5.10. The van der Waals surface area contributed by atoms with Gasteiger partial charge in [0.25, 0.3) is 0 Å². The summed E-state index contributed by atoms with van der Waals surface area (Å²) in [5.74, 6) is -0.532. The van der Waals surface area contributed by atoms with Gasteiger partial charge >= 0.3 is 0 Å². The van der Waals surface area contributed by atoms with Gasteiger partial charge in [0, 0.05) is 0 Å². The van der Waals surface area contributed by atoms with Crippen LogP contribution in [-0.2, 0) is 14.8 Å². The van der Waals surface area contributed by atoms with Gasteiger partial charge in [-0.3, -0.25) is 4.79 Å². The highest BCUT2D eigenvalue weighted by molar-refractivity contribution is 7.90. The molecule has 1 rings (SSSR count). The summed E-state index contributed by atoms with van der Waals surface area (Å²) in [4.78, 5) is 11.0. The van der Waals surface area contributed by atoms with E-state index in [-0.39, 0.29) is 17.5 Å². The van der Waals surface area contributed by atoms with Crippen LogP contribution in [0.15, 0.2) is 0 Å². The molecule has 0 radical (unpaired) electrons. The molecule has 0 amide bonds. The monoisotopic (exact) mass is 177 g/mol. The first-order valence-electron chi connectivity index (χ1n) is 3.45. The van der Waals surface area contributed by atoms with Crippen LogP contribution in [0.4, 0.5) is 0 Å². The van der Waals surface area contributed by atoms with Crippen molar-refractivity contribution in [3.63, 3.8) is 0 Å². The van der Waals surface area contributed by atoms with E-state index in [1.54, 1.807) is 0 Å². The van der Waals surface area contributed by atoms with Gasteiger partial charge in [0.1, 0.15) is 5.75 Å². The topological polar surface area (TPSA) is 63.2 Å². The minimum Gasteiger partial charge on any atom is -0.297 e. The lowest BCUT2D eigenvalue weighted by atomic mass is 10.0. The third-order valence-electron chi connectivity index (χ3n) is 1.65. The van der Waals surface area contributed by atoms with Gasteiger partial charge in [0.15, 0.2) is 5.78 Å². The molecule has 0 unspecified atom stereocenters. The molecule has 0 aromatic heterocycles. The van der Waals surface area contributed by atoms with Gasteiger partial charge in [0.2, 0.25) is 10.0 Å². The highest BCUT2D eigenvalue weighted by Gasteiger charge is 2.36. The molecule has 0 aliphatic carbocycles. The minimum atomic E-state index is -3.29. The van der Waals surface area contributed by atoms with E-state index in [0.29, 0.717) is 0 Å². The normalized spacial score (nSPS) is 29.7. The molecule has 1 atom stereocenters. The molecule has 0 bridgehead atoms. The Hall–Kier alpha value is -0.420. The number of hydrogen-bond acceptors (Lipinski definition) is 3. The number of rotatable bonds is 1. The second-order valence-corrected chi connectivity index (χ2v) is 4.82. The van der Waals surface area contributed by atoms with Crippen molar-refractivity contribution >= 4 is 15.8 Å². The number of nitrogens with one attached hydrogen (secondary N) is 1. The van der Waals surface area contributed by atoms with E-state index < -0.39 is 16.1 Å². The van der Waals surface area contributed by atoms with E-state index >= 15 is 0 Å². The Labute approximate surface area is 66.0 Å². The third-order valence-corrected chi connectivity index (χ3v) is 2.93. The Morgan fingerprint density at radius 2 is 2.09 bits per heavy atom. The summed E-state index contributed by atoms with van der Waals surface area (Å²) in [7, 11) is -3.29. The summed E-state index contributed by atoms with van der Waals surface area (Å²) < 4.78 is 23.9. The van der Waals surface area contributed by atoms with E-state index in [4.69, 9.17) is 0 Å². The maximum atomic E-state index is 11.0. The van der Waals surface area contributed by atoms with Crippen LogP contribution in [0, 0.1) is 5.92 Å². The third kappa shape index (κ3) is 1.78. The van der Waals surface area contributed by atoms with Crippen LogP contribution in [-0.4, -0.2) is 26.0 Å². The predicted octanol–water partition coefficient (Wildman–Crippen LogP) is -0.487. The predicted molar refractivity (Wildman–Crippen MR) is 40.6 cm³/mol. The van der Waals surface area contributed by atoms with Crippen molar-refractivity contribution in [3.8, 4) is 0 Å².